The van der Waals surface area contributed by atoms with Gasteiger partial charge in [-0.1, -0.05) is 23.7 Å². The van der Waals surface area contributed by atoms with Crippen LogP contribution < -0.4 is 10.2 Å². The van der Waals surface area contributed by atoms with E-state index >= 15 is 0 Å². The summed E-state index contributed by atoms with van der Waals surface area (Å²) in [6, 6.07) is 10.5. The molecule has 2 aromatic carbocycles. The number of nitrogens with one attached hydrogen (secondary N) is 1. The zero-order chi connectivity index (χ0) is 20.1. The van der Waals surface area contributed by atoms with Crippen LogP contribution in [0.2, 0.25) is 5.02 Å². The molecule has 0 bridgehead atoms. The van der Waals surface area contributed by atoms with Crippen LogP contribution >= 0.6 is 11.6 Å². The molecule has 0 saturated heterocycles. The lowest BCUT2D eigenvalue weighted by Gasteiger charge is -2.18. The Kier molecular flexibility index (Phi) is 6.36. The van der Waals surface area contributed by atoms with E-state index in [1.807, 2.05) is 0 Å². The molecule has 0 unspecified atom stereocenters. The van der Waals surface area contributed by atoms with Crippen molar-refractivity contribution in [3.8, 4) is 0 Å². The molecule has 27 heavy (non-hydrogen) atoms. The molecule has 0 aliphatic rings. The van der Waals surface area contributed by atoms with E-state index in [4.69, 9.17) is 16.3 Å². The summed E-state index contributed by atoms with van der Waals surface area (Å²) in [5.74, 6) is -1.42. The van der Waals surface area contributed by atoms with Crippen molar-refractivity contribution < 1.29 is 19.2 Å². The molecule has 1 atom stereocenters. The molecule has 1 N–H and O–H groups in total. The molecule has 0 aliphatic heterocycles. The van der Waals surface area contributed by atoms with Gasteiger partial charge in [0, 0.05) is 26.2 Å². The van der Waals surface area contributed by atoms with E-state index in [2.05, 4.69) is 5.32 Å². The van der Waals surface area contributed by atoms with Gasteiger partial charge < -0.3 is 15.0 Å². The monoisotopic (exact) mass is 391 g/mol. The van der Waals surface area contributed by atoms with Gasteiger partial charge in [-0.05, 0) is 25.1 Å². The topological polar surface area (TPSA) is 102 Å². The first kappa shape index (κ1) is 20.2. The predicted octanol–water partition coefficient (Wildman–Crippen LogP) is 3.50. The van der Waals surface area contributed by atoms with Gasteiger partial charge in [0.05, 0.1) is 26.9 Å². The molecule has 0 saturated carbocycles. The molecule has 142 valence electrons. The zero-order valence-corrected chi connectivity index (χ0v) is 15.7. The van der Waals surface area contributed by atoms with Crippen LogP contribution in [0.15, 0.2) is 42.5 Å². The SMILES string of the molecule is C[C@H](OC(=O)c1cc([N+](=O)[O-])ccc1N(C)C)C(=O)Nc1ccccc1Cl. The summed E-state index contributed by atoms with van der Waals surface area (Å²) in [7, 11) is 3.37. The Bertz CT molecular complexity index is 885. The molecule has 1 amide bonds. The van der Waals surface area contributed by atoms with Crippen molar-refractivity contribution in [1.29, 1.82) is 0 Å². The minimum Gasteiger partial charge on any atom is -0.449 e. The number of anilines is 2. The molecule has 0 spiro atoms. The third kappa shape index (κ3) is 4.95. The second kappa shape index (κ2) is 8.50. The largest absolute Gasteiger partial charge is 0.449 e. The van der Waals surface area contributed by atoms with E-state index < -0.39 is 22.9 Å². The van der Waals surface area contributed by atoms with Crippen LogP contribution in [0.1, 0.15) is 17.3 Å². The lowest BCUT2D eigenvalue weighted by Crippen LogP contribution is -2.30. The van der Waals surface area contributed by atoms with Crippen LogP contribution in [0.3, 0.4) is 0 Å². The van der Waals surface area contributed by atoms with Gasteiger partial charge in [-0.15, -0.1) is 0 Å². The maximum atomic E-state index is 12.5. The van der Waals surface area contributed by atoms with Crippen LogP contribution in [0.5, 0.6) is 0 Å². The Morgan fingerprint density at radius 2 is 1.89 bits per heavy atom. The smallest absolute Gasteiger partial charge is 0.341 e. The number of non-ortho nitro benzene ring substituents is 1. The van der Waals surface area contributed by atoms with Gasteiger partial charge in [-0.25, -0.2) is 4.79 Å². The number of halogens is 1. The van der Waals surface area contributed by atoms with Crippen LogP contribution in [0.4, 0.5) is 17.1 Å². The molecule has 2 rings (SSSR count). The summed E-state index contributed by atoms with van der Waals surface area (Å²) < 4.78 is 5.19. The number of carbonyl (C=O) groups excluding carboxylic acids is 2. The van der Waals surface area contributed by atoms with Crippen molar-refractivity contribution in [3.63, 3.8) is 0 Å². The molecule has 0 aliphatic carbocycles. The minimum absolute atomic E-state index is 0.00778. The lowest BCUT2D eigenvalue weighted by molar-refractivity contribution is -0.384. The predicted molar refractivity (Wildman–Crippen MR) is 102 cm³/mol. The Morgan fingerprint density at radius 3 is 2.48 bits per heavy atom. The quantitative estimate of drug-likeness (QED) is 0.459. The average Bonchev–Trinajstić information content (AvgIpc) is 2.62. The van der Waals surface area contributed by atoms with Crippen LogP contribution in [0.25, 0.3) is 0 Å². The third-order valence-electron chi connectivity index (χ3n) is 3.68. The first-order valence-electron chi connectivity index (χ1n) is 7.93. The summed E-state index contributed by atoms with van der Waals surface area (Å²) in [6.45, 7) is 1.40. The Hall–Kier alpha value is -3.13. The maximum Gasteiger partial charge on any atom is 0.341 e. The number of para-hydroxylation sites is 1. The van der Waals surface area contributed by atoms with Gasteiger partial charge >= 0.3 is 5.97 Å². The summed E-state index contributed by atoms with van der Waals surface area (Å²) >= 11 is 5.99. The van der Waals surface area contributed by atoms with Gasteiger partial charge in [0.1, 0.15) is 0 Å². The fourth-order valence-electron chi connectivity index (χ4n) is 2.27. The summed E-state index contributed by atoms with van der Waals surface area (Å²) in [5.41, 5.74) is 0.563. The number of ether oxygens (including phenoxy) is 1. The van der Waals surface area contributed by atoms with Crippen molar-refractivity contribution in [1.82, 2.24) is 0 Å². The molecule has 0 fully saturated rings. The molecule has 2 aromatic rings. The lowest BCUT2D eigenvalue weighted by atomic mass is 10.1. The minimum atomic E-state index is -1.14. The van der Waals surface area contributed by atoms with Gasteiger partial charge in [0.15, 0.2) is 6.10 Å². The highest BCUT2D eigenvalue weighted by atomic mass is 35.5. The summed E-state index contributed by atoms with van der Waals surface area (Å²) in [6.07, 6.45) is -1.14. The Morgan fingerprint density at radius 1 is 1.22 bits per heavy atom. The number of hydrogen-bond donors (Lipinski definition) is 1. The second-order valence-electron chi connectivity index (χ2n) is 5.87. The van der Waals surface area contributed by atoms with Crippen molar-refractivity contribution in [2.75, 3.05) is 24.3 Å². The van der Waals surface area contributed by atoms with Crippen LogP contribution in [-0.4, -0.2) is 37.0 Å². The number of hydrogen-bond acceptors (Lipinski definition) is 6. The maximum absolute atomic E-state index is 12.5. The number of amides is 1. The summed E-state index contributed by atoms with van der Waals surface area (Å²) in [4.78, 5) is 36.8. The fraction of sp³-hybridized carbons (Fsp3) is 0.222. The van der Waals surface area contributed by atoms with Crippen LogP contribution in [0, 0.1) is 10.1 Å². The van der Waals surface area contributed by atoms with Gasteiger partial charge in [0.2, 0.25) is 0 Å². The van der Waals surface area contributed by atoms with E-state index in [0.717, 1.165) is 6.07 Å². The number of rotatable bonds is 6. The number of nitrogens with zero attached hydrogens (tertiary/aromatic N) is 2. The van der Waals surface area contributed by atoms with Gasteiger partial charge in [0.25, 0.3) is 11.6 Å². The van der Waals surface area contributed by atoms with E-state index in [1.54, 1.807) is 43.3 Å². The average molecular weight is 392 g/mol. The van der Waals surface area contributed by atoms with E-state index in [0.29, 0.717) is 16.4 Å². The standard InChI is InChI=1S/C18H18ClN3O5/c1-11(17(23)20-15-7-5-4-6-14(15)19)27-18(24)13-10-12(22(25)26)8-9-16(13)21(2)3/h4-11H,1-3H3,(H,20,23)/t11-/m0/s1. The Balaban J connectivity index is 2.18. The molecule has 0 heterocycles. The van der Waals surface area contributed by atoms with Crippen molar-refractivity contribution >= 4 is 40.5 Å². The van der Waals surface area contributed by atoms with Crippen molar-refractivity contribution in [3.05, 3.63) is 63.2 Å². The third-order valence-corrected chi connectivity index (χ3v) is 4.01. The number of nitro benzene ring substituents is 1. The first-order valence-corrected chi connectivity index (χ1v) is 8.30. The molecular formula is C18H18ClN3O5. The molecule has 0 radical (unpaired) electrons. The van der Waals surface area contributed by atoms with E-state index in [-0.39, 0.29) is 11.3 Å². The van der Waals surface area contributed by atoms with Crippen LogP contribution in [-0.2, 0) is 9.53 Å². The van der Waals surface area contributed by atoms with Crippen molar-refractivity contribution in [2.45, 2.75) is 13.0 Å². The van der Waals surface area contributed by atoms with Crippen molar-refractivity contribution in [2.24, 2.45) is 0 Å². The molecule has 8 nitrogen and oxygen atoms in total. The molecule has 0 aromatic heterocycles. The highest BCUT2D eigenvalue weighted by Crippen LogP contribution is 2.26. The molecule has 9 heteroatoms. The highest BCUT2D eigenvalue weighted by molar-refractivity contribution is 6.33. The fourth-order valence-corrected chi connectivity index (χ4v) is 2.45. The Labute approximate surface area is 160 Å². The zero-order valence-electron chi connectivity index (χ0n) is 14.9. The molecular weight excluding hydrogens is 374 g/mol. The highest BCUT2D eigenvalue weighted by Gasteiger charge is 2.24. The van der Waals surface area contributed by atoms with E-state index in [1.165, 1.54) is 19.1 Å². The second-order valence-corrected chi connectivity index (χ2v) is 6.28. The van der Waals surface area contributed by atoms with Gasteiger partial charge in [-0.3, -0.25) is 14.9 Å². The normalized spacial score (nSPS) is 11.4. The number of esters is 1. The number of benzene rings is 2. The number of nitro groups is 1. The van der Waals surface area contributed by atoms with Gasteiger partial charge in [-0.2, -0.15) is 0 Å². The van der Waals surface area contributed by atoms with E-state index in [9.17, 15) is 19.7 Å². The number of carbonyl (C=O) groups is 2. The first-order chi connectivity index (χ1) is 12.7. The summed E-state index contributed by atoms with van der Waals surface area (Å²) in [5, 5.41) is 13.9.